The van der Waals surface area contributed by atoms with E-state index in [1.165, 1.54) is 11.2 Å². The average molecular weight is 576 g/mol. The van der Waals surface area contributed by atoms with E-state index < -0.39 is 35.8 Å². The molecular formula is C29H30F5N5O2. The maximum absolute atomic E-state index is 14.2. The summed E-state index contributed by atoms with van der Waals surface area (Å²) in [6.07, 6.45) is -0.387. The summed E-state index contributed by atoms with van der Waals surface area (Å²) in [6.45, 7) is -0.862. The SMILES string of the molecule is Cn1cnnc1[C@]1(c2cccc(N3Cc4c(cc(CNC5(C)CCC5)cc4C(F)(F)F)C3=O)c2)C[C@@H](OC(F)F)C1. The summed E-state index contributed by atoms with van der Waals surface area (Å²) in [5, 5.41) is 11.5. The van der Waals surface area contributed by atoms with Crippen LogP contribution < -0.4 is 10.2 Å². The summed E-state index contributed by atoms with van der Waals surface area (Å²) in [5.41, 5.74) is -0.205. The van der Waals surface area contributed by atoms with E-state index in [0.29, 0.717) is 22.6 Å². The number of alkyl halides is 5. The monoisotopic (exact) mass is 575 g/mol. The zero-order chi connectivity index (χ0) is 29.2. The molecular weight excluding hydrogens is 545 g/mol. The van der Waals surface area contributed by atoms with E-state index in [1.54, 1.807) is 41.9 Å². The third-order valence-corrected chi connectivity index (χ3v) is 8.88. The molecule has 2 aromatic carbocycles. The summed E-state index contributed by atoms with van der Waals surface area (Å²) >= 11 is 0. The molecule has 0 saturated heterocycles. The smallest absolute Gasteiger partial charge is 0.320 e. The molecule has 1 N–H and O–H groups in total. The highest BCUT2D eigenvalue weighted by Crippen LogP contribution is 2.51. The lowest BCUT2D eigenvalue weighted by Gasteiger charge is -2.46. The molecule has 1 aromatic heterocycles. The van der Waals surface area contributed by atoms with Crippen LogP contribution in [0.3, 0.4) is 0 Å². The molecule has 2 heterocycles. The standard InChI is InChI=1S/C29H30F5N5O2/c1-27(7-4-8-27)35-14-17-9-21-22(23(10-17)29(32,33)34)15-39(24(21)40)19-6-3-5-18(11-19)28(25-37-36-16-38(25)2)12-20(13-28)41-26(30)31/h3,5-6,9-11,16,20,26,35H,4,7-8,12-15H2,1-2H3/t20-,28-. The number of rotatable bonds is 8. The van der Waals surface area contributed by atoms with E-state index in [9.17, 15) is 26.7 Å². The van der Waals surface area contributed by atoms with Crippen LogP contribution in [-0.2, 0) is 36.5 Å². The number of nitrogens with zero attached hydrogens (tertiary/aromatic N) is 4. The Labute approximate surface area is 233 Å². The topological polar surface area (TPSA) is 72.3 Å². The van der Waals surface area contributed by atoms with Gasteiger partial charge in [0.25, 0.3) is 5.91 Å². The average Bonchev–Trinajstić information content (AvgIpc) is 3.45. The van der Waals surface area contributed by atoms with Gasteiger partial charge in [0, 0.05) is 30.4 Å². The molecule has 0 unspecified atom stereocenters. The largest absolute Gasteiger partial charge is 0.416 e. The Morgan fingerprint density at radius 2 is 1.93 bits per heavy atom. The number of halogens is 5. The molecule has 6 rings (SSSR count). The van der Waals surface area contributed by atoms with E-state index in [2.05, 4.69) is 15.5 Å². The van der Waals surface area contributed by atoms with Crippen LogP contribution in [0.1, 0.15) is 77.5 Å². The zero-order valence-electron chi connectivity index (χ0n) is 22.6. The number of aryl methyl sites for hydroxylation is 1. The van der Waals surface area contributed by atoms with Crippen LogP contribution in [0.4, 0.5) is 27.6 Å². The molecule has 1 aliphatic heterocycles. The molecule has 12 heteroatoms. The van der Waals surface area contributed by atoms with Crippen molar-refractivity contribution in [3.63, 3.8) is 0 Å². The number of nitrogens with one attached hydrogen (secondary N) is 1. The second-order valence-electron chi connectivity index (χ2n) is 11.7. The van der Waals surface area contributed by atoms with Crippen molar-refractivity contribution < 1.29 is 31.5 Å². The predicted molar refractivity (Wildman–Crippen MR) is 139 cm³/mol. The van der Waals surface area contributed by atoms with Gasteiger partial charge in [-0.1, -0.05) is 12.1 Å². The molecule has 2 aliphatic carbocycles. The first-order valence-electron chi connectivity index (χ1n) is 13.6. The molecule has 2 fully saturated rings. The van der Waals surface area contributed by atoms with Crippen molar-refractivity contribution in [1.29, 1.82) is 0 Å². The lowest BCUT2D eigenvalue weighted by molar-refractivity contribution is -0.192. The summed E-state index contributed by atoms with van der Waals surface area (Å²) in [4.78, 5) is 14.9. The van der Waals surface area contributed by atoms with Crippen LogP contribution in [-0.4, -0.2) is 38.9 Å². The van der Waals surface area contributed by atoms with Crippen molar-refractivity contribution in [3.8, 4) is 0 Å². The van der Waals surface area contributed by atoms with Crippen molar-refractivity contribution in [2.24, 2.45) is 7.05 Å². The normalized spacial score (nSPS) is 23.5. The highest BCUT2D eigenvalue weighted by molar-refractivity contribution is 6.10. The fraction of sp³-hybridized carbons (Fsp3) is 0.483. The number of hydrogen-bond acceptors (Lipinski definition) is 5. The Kier molecular flexibility index (Phi) is 6.68. The minimum absolute atomic E-state index is 0.0397. The molecule has 0 bridgehead atoms. The second kappa shape index (κ2) is 9.87. The van der Waals surface area contributed by atoms with Gasteiger partial charge in [-0.3, -0.25) is 4.79 Å². The Morgan fingerprint density at radius 3 is 2.54 bits per heavy atom. The summed E-state index contributed by atoms with van der Waals surface area (Å²) in [5.74, 6) is 0.0380. The molecule has 3 aromatic rings. The number of benzene rings is 2. The first-order valence-corrected chi connectivity index (χ1v) is 13.6. The Balaban J connectivity index is 1.32. The lowest BCUT2D eigenvalue weighted by Crippen LogP contribution is -2.49. The van der Waals surface area contributed by atoms with Crippen LogP contribution in [0, 0.1) is 0 Å². The van der Waals surface area contributed by atoms with E-state index in [0.717, 1.165) is 25.3 Å². The summed E-state index contributed by atoms with van der Waals surface area (Å²) in [6, 6.07) is 9.60. The number of amides is 1. The molecule has 41 heavy (non-hydrogen) atoms. The van der Waals surface area contributed by atoms with Gasteiger partial charge in [-0.25, -0.2) is 0 Å². The minimum atomic E-state index is -4.63. The molecule has 1 amide bonds. The summed E-state index contributed by atoms with van der Waals surface area (Å²) in [7, 11) is 1.75. The van der Waals surface area contributed by atoms with Crippen LogP contribution in [0.5, 0.6) is 0 Å². The van der Waals surface area contributed by atoms with Gasteiger partial charge in [0.2, 0.25) is 0 Å². The van der Waals surface area contributed by atoms with E-state index in [1.807, 2.05) is 6.92 Å². The number of fused-ring (bicyclic) bond motifs is 1. The van der Waals surface area contributed by atoms with Gasteiger partial charge in [0.15, 0.2) is 0 Å². The summed E-state index contributed by atoms with van der Waals surface area (Å²) < 4.78 is 74.9. The second-order valence-corrected chi connectivity index (χ2v) is 11.7. The van der Waals surface area contributed by atoms with E-state index in [-0.39, 0.29) is 42.6 Å². The number of hydrogen-bond donors (Lipinski definition) is 1. The predicted octanol–water partition coefficient (Wildman–Crippen LogP) is 5.71. The van der Waals surface area contributed by atoms with Crippen LogP contribution in [0.2, 0.25) is 0 Å². The lowest BCUT2D eigenvalue weighted by atomic mass is 9.62. The molecule has 0 atom stereocenters. The third kappa shape index (κ3) is 4.90. The molecule has 0 radical (unpaired) electrons. The number of carbonyl (C=O) groups is 1. The van der Waals surface area contributed by atoms with Crippen molar-refractivity contribution in [2.75, 3.05) is 4.90 Å². The quantitative estimate of drug-likeness (QED) is 0.348. The maximum Gasteiger partial charge on any atom is 0.416 e. The molecule has 2 saturated carbocycles. The number of aromatic nitrogens is 3. The molecule has 218 valence electrons. The van der Waals surface area contributed by atoms with Crippen molar-refractivity contribution in [2.45, 2.75) is 82.0 Å². The van der Waals surface area contributed by atoms with Gasteiger partial charge in [-0.2, -0.15) is 22.0 Å². The first kappa shape index (κ1) is 27.8. The third-order valence-electron chi connectivity index (χ3n) is 8.88. The fourth-order valence-corrected chi connectivity index (χ4v) is 6.43. The number of anilines is 1. The van der Waals surface area contributed by atoms with Gasteiger partial charge in [-0.15, -0.1) is 10.2 Å². The molecule has 3 aliphatic rings. The van der Waals surface area contributed by atoms with Crippen LogP contribution >= 0.6 is 0 Å². The van der Waals surface area contributed by atoms with Crippen LogP contribution in [0.25, 0.3) is 0 Å². The highest BCUT2D eigenvalue weighted by Gasteiger charge is 2.52. The van der Waals surface area contributed by atoms with Gasteiger partial charge in [0.05, 0.1) is 23.6 Å². The first-order chi connectivity index (χ1) is 19.4. The van der Waals surface area contributed by atoms with Gasteiger partial charge in [-0.05, 0) is 80.0 Å². The molecule has 7 nitrogen and oxygen atoms in total. The maximum atomic E-state index is 14.2. The van der Waals surface area contributed by atoms with Gasteiger partial charge < -0.3 is 19.5 Å². The number of ether oxygens (including phenoxy) is 1. The van der Waals surface area contributed by atoms with Gasteiger partial charge in [0.1, 0.15) is 12.2 Å². The van der Waals surface area contributed by atoms with E-state index in [4.69, 9.17) is 4.74 Å². The minimum Gasteiger partial charge on any atom is -0.320 e. The van der Waals surface area contributed by atoms with Crippen molar-refractivity contribution >= 4 is 11.6 Å². The molecule has 0 spiro atoms. The van der Waals surface area contributed by atoms with Crippen LogP contribution in [0.15, 0.2) is 42.7 Å². The Bertz CT molecular complexity index is 1480. The number of carbonyl (C=O) groups excluding carboxylic acids is 1. The highest BCUT2D eigenvalue weighted by atomic mass is 19.4. The Morgan fingerprint density at radius 1 is 1.17 bits per heavy atom. The van der Waals surface area contributed by atoms with Crippen molar-refractivity contribution in [3.05, 3.63) is 76.4 Å². The fourth-order valence-electron chi connectivity index (χ4n) is 6.43. The van der Waals surface area contributed by atoms with E-state index >= 15 is 0 Å². The van der Waals surface area contributed by atoms with Gasteiger partial charge >= 0.3 is 12.8 Å². The zero-order valence-corrected chi connectivity index (χ0v) is 22.6. The Hall–Kier alpha value is -3.38. The van der Waals surface area contributed by atoms with Crippen molar-refractivity contribution in [1.82, 2.24) is 20.1 Å².